The van der Waals surface area contributed by atoms with Crippen LogP contribution in [0.2, 0.25) is 0 Å². The Labute approximate surface area is 68.6 Å². The molecule has 0 aromatic rings. The van der Waals surface area contributed by atoms with Gasteiger partial charge in [-0.2, -0.15) is 0 Å². The smallest absolute Gasteiger partial charge is 0.119 e. The van der Waals surface area contributed by atoms with Crippen LogP contribution in [-0.4, -0.2) is 17.3 Å². The first kappa shape index (κ1) is 8.77. The summed E-state index contributed by atoms with van der Waals surface area (Å²) in [7, 11) is 0. The van der Waals surface area contributed by atoms with Gasteiger partial charge in [-0.1, -0.05) is 5.11 Å². The number of halogens is 1. The van der Waals surface area contributed by atoms with Gasteiger partial charge in [-0.05, 0) is 23.8 Å². The Hall–Kier alpha value is -1.32. The van der Waals surface area contributed by atoms with Gasteiger partial charge in [0.25, 0.3) is 0 Å². The summed E-state index contributed by atoms with van der Waals surface area (Å²) in [5.41, 5.74) is 6.79. The SMILES string of the molecule is [N-]=[N+]=NCC1(O)C=CC(F)=CC1. The van der Waals surface area contributed by atoms with Crippen LogP contribution in [0.1, 0.15) is 6.42 Å². The van der Waals surface area contributed by atoms with Gasteiger partial charge in [-0.25, -0.2) is 4.39 Å². The van der Waals surface area contributed by atoms with Gasteiger partial charge < -0.3 is 5.11 Å². The first-order chi connectivity index (χ1) is 5.66. The summed E-state index contributed by atoms with van der Waals surface area (Å²) in [6.45, 7) is -0.0657. The monoisotopic (exact) mass is 169 g/mol. The van der Waals surface area contributed by atoms with Crippen LogP contribution in [0.15, 0.2) is 29.2 Å². The minimum Gasteiger partial charge on any atom is -0.385 e. The summed E-state index contributed by atoms with van der Waals surface area (Å²) in [5.74, 6) is -0.374. The highest BCUT2D eigenvalue weighted by molar-refractivity contribution is 5.23. The zero-order valence-corrected chi connectivity index (χ0v) is 6.31. The first-order valence-corrected chi connectivity index (χ1v) is 3.44. The predicted molar refractivity (Wildman–Crippen MR) is 41.9 cm³/mol. The zero-order valence-electron chi connectivity index (χ0n) is 6.31. The van der Waals surface area contributed by atoms with Crippen molar-refractivity contribution in [1.82, 2.24) is 0 Å². The molecule has 0 saturated carbocycles. The molecule has 0 fully saturated rings. The van der Waals surface area contributed by atoms with E-state index in [1.54, 1.807) is 0 Å². The summed E-state index contributed by atoms with van der Waals surface area (Å²) in [6.07, 6.45) is 3.87. The lowest BCUT2D eigenvalue weighted by Gasteiger charge is -2.22. The zero-order chi connectivity index (χ0) is 9.03. The predicted octanol–water partition coefficient (Wildman–Crippen LogP) is 1.84. The second-order valence-electron chi connectivity index (χ2n) is 2.62. The van der Waals surface area contributed by atoms with E-state index >= 15 is 0 Å². The van der Waals surface area contributed by atoms with Crippen molar-refractivity contribution in [3.05, 3.63) is 34.5 Å². The van der Waals surface area contributed by atoms with Crippen LogP contribution in [0.25, 0.3) is 10.4 Å². The van der Waals surface area contributed by atoms with Gasteiger partial charge in [0.15, 0.2) is 0 Å². The topological polar surface area (TPSA) is 69.0 Å². The summed E-state index contributed by atoms with van der Waals surface area (Å²) in [5, 5.41) is 12.8. The third-order valence-electron chi connectivity index (χ3n) is 1.61. The molecule has 12 heavy (non-hydrogen) atoms. The Morgan fingerprint density at radius 3 is 3.08 bits per heavy atom. The van der Waals surface area contributed by atoms with Crippen LogP contribution in [0.3, 0.4) is 0 Å². The van der Waals surface area contributed by atoms with Gasteiger partial charge >= 0.3 is 0 Å². The molecule has 0 radical (unpaired) electrons. The highest BCUT2D eigenvalue weighted by atomic mass is 19.1. The molecule has 0 heterocycles. The highest BCUT2D eigenvalue weighted by Gasteiger charge is 2.23. The largest absolute Gasteiger partial charge is 0.385 e. The van der Waals surface area contributed by atoms with Crippen molar-refractivity contribution in [3.63, 3.8) is 0 Å². The number of hydrogen-bond donors (Lipinski definition) is 1. The molecular formula is C7H8FN3O. The van der Waals surface area contributed by atoms with Crippen molar-refractivity contribution in [2.75, 3.05) is 6.54 Å². The third-order valence-corrected chi connectivity index (χ3v) is 1.61. The van der Waals surface area contributed by atoms with E-state index in [9.17, 15) is 9.50 Å². The Bertz CT molecular complexity index is 280. The van der Waals surface area contributed by atoms with Crippen molar-refractivity contribution >= 4 is 0 Å². The molecule has 0 saturated heterocycles. The lowest BCUT2D eigenvalue weighted by molar-refractivity contribution is 0.101. The summed E-state index contributed by atoms with van der Waals surface area (Å²) in [6, 6.07) is 0. The maximum Gasteiger partial charge on any atom is 0.119 e. The molecule has 1 aliphatic carbocycles. The molecule has 0 amide bonds. The Balaban J connectivity index is 2.65. The molecule has 0 bridgehead atoms. The molecule has 64 valence electrons. The van der Waals surface area contributed by atoms with Crippen molar-refractivity contribution in [3.8, 4) is 0 Å². The average Bonchev–Trinajstić information content (AvgIpc) is 2.08. The molecule has 1 aliphatic rings. The highest BCUT2D eigenvalue weighted by Crippen LogP contribution is 2.21. The second kappa shape index (κ2) is 3.38. The molecule has 1 rings (SSSR count). The molecule has 0 aromatic carbocycles. The number of azide groups is 1. The number of allylic oxidation sites excluding steroid dienone is 2. The molecule has 1 unspecified atom stereocenters. The van der Waals surface area contributed by atoms with Crippen molar-refractivity contribution in [2.45, 2.75) is 12.0 Å². The van der Waals surface area contributed by atoms with E-state index in [1.165, 1.54) is 12.2 Å². The number of hydrogen-bond acceptors (Lipinski definition) is 2. The number of aliphatic hydroxyl groups is 1. The number of rotatable bonds is 2. The standard InChI is InChI=1S/C7H8FN3O/c8-6-1-3-7(12,4-2-6)5-10-11-9/h1-3,12H,4-5H2. The minimum absolute atomic E-state index is 0.0657. The molecular weight excluding hydrogens is 161 g/mol. The lowest BCUT2D eigenvalue weighted by atomic mass is 9.95. The fourth-order valence-corrected chi connectivity index (χ4v) is 0.916. The Morgan fingerprint density at radius 1 is 1.83 bits per heavy atom. The summed E-state index contributed by atoms with van der Waals surface area (Å²) >= 11 is 0. The fraction of sp³-hybridized carbons (Fsp3) is 0.429. The van der Waals surface area contributed by atoms with E-state index in [0.717, 1.165) is 6.08 Å². The summed E-state index contributed by atoms with van der Waals surface area (Å²) in [4.78, 5) is 2.51. The van der Waals surface area contributed by atoms with Gasteiger partial charge in [-0.3, -0.25) is 0 Å². The average molecular weight is 169 g/mol. The van der Waals surface area contributed by atoms with E-state index in [-0.39, 0.29) is 18.8 Å². The van der Waals surface area contributed by atoms with Crippen molar-refractivity contribution in [2.24, 2.45) is 5.11 Å². The molecule has 0 aromatic heterocycles. The van der Waals surface area contributed by atoms with Gasteiger partial charge in [0, 0.05) is 11.3 Å². The van der Waals surface area contributed by atoms with Gasteiger partial charge in [0.05, 0.1) is 12.1 Å². The second-order valence-corrected chi connectivity index (χ2v) is 2.62. The summed E-state index contributed by atoms with van der Waals surface area (Å²) < 4.78 is 12.4. The molecule has 0 aliphatic heterocycles. The van der Waals surface area contributed by atoms with E-state index in [0.29, 0.717) is 0 Å². The quantitative estimate of drug-likeness (QED) is 0.382. The Kier molecular flexibility index (Phi) is 2.47. The lowest BCUT2D eigenvalue weighted by Crippen LogP contribution is -2.30. The molecule has 1 N–H and O–H groups in total. The van der Waals surface area contributed by atoms with Crippen molar-refractivity contribution < 1.29 is 9.50 Å². The molecule has 1 atom stereocenters. The molecule has 0 spiro atoms. The van der Waals surface area contributed by atoms with E-state index < -0.39 is 5.60 Å². The third kappa shape index (κ3) is 2.08. The van der Waals surface area contributed by atoms with E-state index in [1.807, 2.05) is 0 Å². The molecule has 4 nitrogen and oxygen atoms in total. The van der Waals surface area contributed by atoms with Crippen LogP contribution in [0, 0.1) is 0 Å². The van der Waals surface area contributed by atoms with Gasteiger partial charge in [-0.15, -0.1) is 0 Å². The van der Waals surface area contributed by atoms with Crippen molar-refractivity contribution in [1.29, 1.82) is 0 Å². The van der Waals surface area contributed by atoms with Gasteiger partial charge in [0.2, 0.25) is 0 Å². The van der Waals surface area contributed by atoms with Gasteiger partial charge in [0.1, 0.15) is 5.83 Å². The molecule has 5 heteroatoms. The maximum absolute atomic E-state index is 12.4. The minimum atomic E-state index is -1.21. The maximum atomic E-state index is 12.4. The van der Waals surface area contributed by atoms with Crippen LogP contribution in [-0.2, 0) is 0 Å². The first-order valence-electron chi connectivity index (χ1n) is 3.44. The number of nitrogens with zero attached hydrogens (tertiary/aromatic N) is 3. The normalized spacial score (nSPS) is 27.7. The van der Waals surface area contributed by atoms with E-state index in [2.05, 4.69) is 10.0 Å². The van der Waals surface area contributed by atoms with Crippen LogP contribution in [0.4, 0.5) is 4.39 Å². The van der Waals surface area contributed by atoms with E-state index in [4.69, 9.17) is 5.53 Å². The van der Waals surface area contributed by atoms with Crippen LogP contribution < -0.4 is 0 Å². The fourth-order valence-electron chi connectivity index (χ4n) is 0.916. The van der Waals surface area contributed by atoms with Crippen LogP contribution >= 0.6 is 0 Å². The Morgan fingerprint density at radius 2 is 2.58 bits per heavy atom. The van der Waals surface area contributed by atoms with Crippen LogP contribution in [0.5, 0.6) is 0 Å².